The largest absolute Gasteiger partial charge is 0.483 e. The topological polar surface area (TPSA) is 58.6 Å². The first-order valence-electron chi connectivity index (χ1n) is 9.20. The van der Waals surface area contributed by atoms with Gasteiger partial charge in [-0.2, -0.15) is 0 Å². The van der Waals surface area contributed by atoms with Gasteiger partial charge < -0.3 is 15.0 Å². The van der Waals surface area contributed by atoms with Crippen LogP contribution in [0.1, 0.15) is 15.9 Å². The van der Waals surface area contributed by atoms with Gasteiger partial charge in [-0.1, -0.05) is 54.1 Å². The summed E-state index contributed by atoms with van der Waals surface area (Å²) >= 11 is 9.26. The third-order valence-corrected chi connectivity index (χ3v) is 5.15. The van der Waals surface area contributed by atoms with Crippen molar-refractivity contribution in [2.75, 3.05) is 19.0 Å². The summed E-state index contributed by atoms with van der Waals surface area (Å²) in [5, 5.41) is 3.32. The van der Waals surface area contributed by atoms with E-state index >= 15 is 0 Å². The van der Waals surface area contributed by atoms with Crippen molar-refractivity contribution in [1.29, 1.82) is 0 Å². The molecule has 0 aromatic heterocycles. The number of rotatable bonds is 7. The zero-order chi connectivity index (χ0) is 21.5. The van der Waals surface area contributed by atoms with Crippen molar-refractivity contribution in [3.63, 3.8) is 0 Å². The average molecular weight is 488 g/mol. The number of amides is 2. The van der Waals surface area contributed by atoms with Gasteiger partial charge in [0.25, 0.3) is 11.8 Å². The lowest BCUT2D eigenvalue weighted by Gasteiger charge is -2.19. The number of nitrogens with zero attached hydrogens (tertiary/aromatic N) is 1. The normalized spacial score (nSPS) is 10.4. The summed E-state index contributed by atoms with van der Waals surface area (Å²) in [5.41, 5.74) is 1.87. The molecule has 1 N–H and O–H groups in total. The Bertz CT molecular complexity index is 1040. The van der Waals surface area contributed by atoms with Crippen LogP contribution in [0.3, 0.4) is 0 Å². The van der Waals surface area contributed by atoms with Crippen molar-refractivity contribution in [2.24, 2.45) is 0 Å². The summed E-state index contributed by atoms with van der Waals surface area (Å²) in [7, 11) is 1.73. The highest BCUT2D eigenvalue weighted by Gasteiger charge is 2.17. The second kappa shape index (κ2) is 10.3. The molecule has 0 aliphatic rings. The Morgan fingerprint density at radius 3 is 2.47 bits per heavy atom. The molecule has 5 nitrogen and oxygen atoms in total. The van der Waals surface area contributed by atoms with Gasteiger partial charge in [-0.05, 0) is 51.8 Å². The van der Waals surface area contributed by atoms with Crippen LogP contribution in [-0.4, -0.2) is 30.4 Å². The predicted molar refractivity (Wildman–Crippen MR) is 122 cm³/mol. The van der Waals surface area contributed by atoms with Crippen LogP contribution in [0, 0.1) is 0 Å². The molecule has 0 fully saturated rings. The van der Waals surface area contributed by atoms with Crippen LogP contribution in [0.25, 0.3) is 0 Å². The third kappa shape index (κ3) is 5.84. The minimum atomic E-state index is -0.372. The molecule has 154 valence electrons. The molecular formula is C23H20BrClN2O3. The fourth-order valence-electron chi connectivity index (χ4n) is 2.84. The van der Waals surface area contributed by atoms with E-state index in [1.807, 2.05) is 30.3 Å². The molecule has 0 aliphatic carbocycles. The minimum absolute atomic E-state index is 0.184. The summed E-state index contributed by atoms with van der Waals surface area (Å²) in [4.78, 5) is 26.9. The number of para-hydroxylation sites is 1. The van der Waals surface area contributed by atoms with E-state index < -0.39 is 0 Å². The van der Waals surface area contributed by atoms with Gasteiger partial charge >= 0.3 is 0 Å². The number of carbonyl (C=O) groups excluding carboxylic acids is 2. The highest BCUT2D eigenvalue weighted by Crippen LogP contribution is 2.28. The average Bonchev–Trinajstić information content (AvgIpc) is 2.73. The van der Waals surface area contributed by atoms with Gasteiger partial charge in [-0.15, -0.1) is 0 Å². The van der Waals surface area contributed by atoms with Gasteiger partial charge in [0.1, 0.15) is 5.75 Å². The van der Waals surface area contributed by atoms with E-state index in [1.54, 1.807) is 54.4 Å². The van der Waals surface area contributed by atoms with Crippen LogP contribution in [0.4, 0.5) is 5.69 Å². The SMILES string of the molecule is CN(Cc1ccccc1)C(=O)c1ccccc1NC(=O)COc1ccc(Cl)cc1Br. The standard InChI is InChI=1S/C23H20BrClN2O3/c1-27(14-16-7-3-2-4-8-16)23(29)18-9-5-6-10-20(18)26-22(28)15-30-21-12-11-17(25)13-19(21)24/h2-13H,14-15H2,1H3,(H,26,28). The summed E-state index contributed by atoms with van der Waals surface area (Å²) < 4.78 is 6.19. The molecule has 0 saturated carbocycles. The van der Waals surface area contributed by atoms with E-state index in [1.165, 1.54) is 0 Å². The van der Waals surface area contributed by atoms with Crippen molar-refractivity contribution in [2.45, 2.75) is 6.54 Å². The lowest BCUT2D eigenvalue weighted by atomic mass is 10.1. The lowest BCUT2D eigenvalue weighted by molar-refractivity contribution is -0.118. The maximum Gasteiger partial charge on any atom is 0.262 e. The van der Waals surface area contributed by atoms with E-state index in [2.05, 4.69) is 21.2 Å². The summed E-state index contributed by atoms with van der Waals surface area (Å²) in [6.45, 7) is 0.262. The van der Waals surface area contributed by atoms with E-state index in [0.29, 0.717) is 33.0 Å². The van der Waals surface area contributed by atoms with Crippen LogP contribution in [0.2, 0.25) is 5.02 Å². The van der Waals surface area contributed by atoms with Crippen molar-refractivity contribution in [3.8, 4) is 5.75 Å². The molecule has 0 bridgehead atoms. The Morgan fingerprint density at radius 1 is 1.03 bits per heavy atom. The smallest absolute Gasteiger partial charge is 0.262 e. The molecule has 0 atom stereocenters. The van der Waals surface area contributed by atoms with E-state index in [-0.39, 0.29) is 18.4 Å². The Morgan fingerprint density at radius 2 is 1.73 bits per heavy atom. The van der Waals surface area contributed by atoms with Gasteiger partial charge in [-0.25, -0.2) is 0 Å². The second-order valence-electron chi connectivity index (χ2n) is 6.60. The molecule has 0 heterocycles. The van der Waals surface area contributed by atoms with Crippen LogP contribution < -0.4 is 10.1 Å². The third-order valence-electron chi connectivity index (χ3n) is 4.29. The number of hydrogen-bond acceptors (Lipinski definition) is 3. The zero-order valence-corrected chi connectivity index (χ0v) is 18.6. The number of benzene rings is 3. The number of carbonyl (C=O) groups is 2. The lowest BCUT2D eigenvalue weighted by Crippen LogP contribution is -2.28. The number of halogens is 2. The molecule has 3 aromatic carbocycles. The number of hydrogen-bond donors (Lipinski definition) is 1. The molecular weight excluding hydrogens is 468 g/mol. The van der Waals surface area contributed by atoms with E-state index in [4.69, 9.17) is 16.3 Å². The molecule has 3 rings (SSSR count). The predicted octanol–water partition coefficient (Wildman–Crippen LogP) is 5.39. The fourth-order valence-corrected chi connectivity index (χ4v) is 3.63. The summed E-state index contributed by atoms with van der Waals surface area (Å²) in [5.74, 6) is -0.0552. The van der Waals surface area contributed by atoms with Crippen LogP contribution in [0.15, 0.2) is 77.3 Å². The first-order valence-corrected chi connectivity index (χ1v) is 10.4. The van der Waals surface area contributed by atoms with Gasteiger partial charge in [-0.3, -0.25) is 9.59 Å². The second-order valence-corrected chi connectivity index (χ2v) is 7.89. The van der Waals surface area contributed by atoms with Crippen molar-refractivity contribution >= 4 is 45.0 Å². The molecule has 7 heteroatoms. The van der Waals surface area contributed by atoms with Crippen molar-refractivity contribution < 1.29 is 14.3 Å². The maximum absolute atomic E-state index is 12.9. The van der Waals surface area contributed by atoms with Crippen LogP contribution >= 0.6 is 27.5 Å². The molecule has 0 aliphatic heterocycles. The Kier molecular flexibility index (Phi) is 7.49. The molecule has 30 heavy (non-hydrogen) atoms. The highest BCUT2D eigenvalue weighted by atomic mass is 79.9. The van der Waals surface area contributed by atoms with Crippen molar-refractivity contribution in [1.82, 2.24) is 4.90 Å². The zero-order valence-electron chi connectivity index (χ0n) is 16.3. The molecule has 0 spiro atoms. The maximum atomic E-state index is 12.9. The number of nitrogens with one attached hydrogen (secondary N) is 1. The summed E-state index contributed by atoms with van der Waals surface area (Å²) in [6, 6.07) is 21.7. The van der Waals surface area contributed by atoms with E-state index in [9.17, 15) is 9.59 Å². The van der Waals surface area contributed by atoms with Crippen molar-refractivity contribution in [3.05, 3.63) is 93.4 Å². The highest BCUT2D eigenvalue weighted by molar-refractivity contribution is 9.10. The molecule has 3 aromatic rings. The fraction of sp³-hybridized carbons (Fsp3) is 0.130. The first-order chi connectivity index (χ1) is 14.4. The molecule has 2 amide bonds. The van der Waals surface area contributed by atoms with Crippen LogP contribution in [0.5, 0.6) is 5.75 Å². The van der Waals surface area contributed by atoms with Gasteiger partial charge in [0, 0.05) is 18.6 Å². The van der Waals surface area contributed by atoms with E-state index in [0.717, 1.165) is 5.56 Å². The molecule has 0 unspecified atom stereocenters. The first kappa shape index (κ1) is 21.9. The number of anilines is 1. The van der Waals surface area contributed by atoms with Gasteiger partial charge in [0.2, 0.25) is 0 Å². The number of ether oxygens (including phenoxy) is 1. The monoisotopic (exact) mass is 486 g/mol. The quantitative estimate of drug-likeness (QED) is 0.486. The van der Waals surface area contributed by atoms with Gasteiger partial charge in [0.15, 0.2) is 6.61 Å². The minimum Gasteiger partial charge on any atom is -0.483 e. The Labute approximate surface area is 188 Å². The Hall–Kier alpha value is -2.83. The Balaban J connectivity index is 1.65. The molecule has 0 saturated heterocycles. The molecule has 0 radical (unpaired) electrons. The summed E-state index contributed by atoms with van der Waals surface area (Å²) in [6.07, 6.45) is 0. The van der Waals surface area contributed by atoms with Gasteiger partial charge in [0.05, 0.1) is 15.7 Å². The van der Waals surface area contributed by atoms with Crippen LogP contribution in [-0.2, 0) is 11.3 Å².